The molecule has 122 valence electrons. The number of carbonyl (C=O) groups excluding carboxylic acids is 1. The van der Waals surface area contributed by atoms with E-state index in [0.717, 1.165) is 13.0 Å². The van der Waals surface area contributed by atoms with E-state index in [9.17, 15) is 4.79 Å². The summed E-state index contributed by atoms with van der Waals surface area (Å²) in [5, 5.41) is 7.86. The molecule has 0 radical (unpaired) electrons. The standard InChI is InChI=1S/C15H19N5O3/c1-9-17-14(23-18-9)4-12-3-10-7-20(8-13(10)22-12)15(21)11-5-16-19(2)6-11/h5-6,10,12-13H,3-4,7-8H2,1-2H3/t10-,12-,13+/m0/s1. The van der Waals surface area contributed by atoms with Crippen LogP contribution in [0.4, 0.5) is 0 Å². The smallest absolute Gasteiger partial charge is 0.257 e. The number of rotatable bonds is 3. The molecule has 4 heterocycles. The quantitative estimate of drug-likeness (QED) is 0.823. The number of likely N-dealkylation sites (tertiary alicyclic amines) is 1. The molecule has 2 saturated heterocycles. The number of hydrogen-bond donors (Lipinski definition) is 0. The Bertz CT molecular complexity index is 710. The molecule has 2 fully saturated rings. The third-order valence-corrected chi connectivity index (χ3v) is 4.52. The van der Waals surface area contributed by atoms with E-state index in [-0.39, 0.29) is 18.1 Å². The van der Waals surface area contributed by atoms with Crippen molar-refractivity contribution < 1.29 is 14.1 Å². The van der Waals surface area contributed by atoms with Crippen LogP contribution >= 0.6 is 0 Å². The Kier molecular flexibility index (Phi) is 3.41. The van der Waals surface area contributed by atoms with Crippen LogP contribution in [0.5, 0.6) is 0 Å². The van der Waals surface area contributed by atoms with Gasteiger partial charge in [0.1, 0.15) is 0 Å². The molecular formula is C15H19N5O3. The van der Waals surface area contributed by atoms with Gasteiger partial charge in [0.2, 0.25) is 5.89 Å². The second-order valence-electron chi connectivity index (χ2n) is 6.34. The van der Waals surface area contributed by atoms with E-state index in [1.54, 1.807) is 24.0 Å². The number of aryl methyl sites for hydroxylation is 2. The van der Waals surface area contributed by atoms with Crippen LogP contribution in [-0.2, 0) is 18.2 Å². The summed E-state index contributed by atoms with van der Waals surface area (Å²) in [5.41, 5.74) is 0.630. The lowest BCUT2D eigenvalue weighted by atomic mass is 10.0. The van der Waals surface area contributed by atoms with Crippen molar-refractivity contribution in [1.29, 1.82) is 0 Å². The summed E-state index contributed by atoms with van der Waals surface area (Å²) in [4.78, 5) is 18.5. The first-order valence-electron chi connectivity index (χ1n) is 7.81. The molecule has 0 aromatic carbocycles. The first-order chi connectivity index (χ1) is 11.1. The summed E-state index contributed by atoms with van der Waals surface area (Å²) in [7, 11) is 1.81. The number of hydrogen-bond acceptors (Lipinski definition) is 6. The van der Waals surface area contributed by atoms with Gasteiger partial charge in [0.05, 0.1) is 30.4 Å². The monoisotopic (exact) mass is 317 g/mol. The highest BCUT2D eigenvalue weighted by molar-refractivity contribution is 5.94. The van der Waals surface area contributed by atoms with E-state index < -0.39 is 0 Å². The molecule has 0 saturated carbocycles. The van der Waals surface area contributed by atoms with Crippen molar-refractivity contribution in [2.24, 2.45) is 13.0 Å². The van der Waals surface area contributed by atoms with Crippen molar-refractivity contribution in [3.63, 3.8) is 0 Å². The zero-order valence-corrected chi connectivity index (χ0v) is 13.2. The Hall–Kier alpha value is -2.22. The highest BCUT2D eigenvalue weighted by Crippen LogP contribution is 2.34. The molecule has 2 aromatic rings. The van der Waals surface area contributed by atoms with Crippen molar-refractivity contribution in [2.45, 2.75) is 32.0 Å². The van der Waals surface area contributed by atoms with E-state index in [1.807, 2.05) is 11.9 Å². The zero-order chi connectivity index (χ0) is 16.0. The minimum atomic E-state index is 0.0279. The molecule has 2 aromatic heterocycles. The van der Waals surface area contributed by atoms with E-state index in [4.69, 9.17) is 9.26 Å². The predicted octanol–water partition coefficient (Wildman–Crippen LogP) is 0.584. The summed E-state index contributed by atoms with van der Waals surface area (Å²) < 4.78 is 12.9. The van der Waals surface area contributed by atoms with Gasteiger partial charge in [-0.25, -0.2) is 0 Å². The molecule has 0 unspecified atom stereocenters. The van der Waals surface area contributed by atoms with Crippen LogP contribution in [0.15, 0.2) is 16.9 Å². The van der Waals surface area contributed by atoms with Crippen LogP contribution in [-0.4, -0.2) is 56.0 Å². The van der Waals surface area contributed by atoms with Gasteiger partial charge in [-0.15, -0.1) is 0 Å². The first-order valence-corrected chi connectivity index (χ1v) is 7.81. The van der Waals surface area contributed by atoms with Gasteiger partial charge in [-0.3, -0.25) is 9.48 Å². The van der Waals surface area contributed by atoms with Crippen LogP contribution in [0.1, 0.15) is 28.5 Å². The summed E-state index contributed by atoms with van der Waals surface area (Å²) in [5.74, 6) is 1.67. The van der Waals surface area contributed by atoms with Crippen LogP contribution in [0.25, 0.3) is 0 Å². The minimum Gasteiger partial charge on any atom is -0.372 e. The third kappa shape index (κ3) is 2.74. The SMILES string of the molecule is Cc1noc(C[C@@H]2C[C@H]3CN(C(=O)c4cnn(C)c4)C[C@H]3O2)n1. The maximum absolute atomic E-state index is 12.5. The average molecular weight is 317 g/mol. The van der Waals surface area contributed by atoms with E-state index in [1.165, 1.54) is 0 Å². The number of amides is 1. The van der Waals surface area contributed by atoms with Gasteiger partial charge in [-0.2, -0.15) is 10.1 Å². The average Bonchev–Trinajstić information content (AvgIpc) is 3.23. The van der Waals surface area contributed by atoms with Gasteiger partial charge in [0.15, 0.2) is 5.82 Å². The Balaban J connectivity index is 1.35. The summed E-state index contributed by atoms with van der Waals surface area (Å²) in [6, 6.07) is 0. The zero-order valence-electron chi connectivity index (χ0n) is 13.2. The number of carbonyl (C=O) groups is 1. The molecule has 2 aliphatic rings. The topological polar surface area (TPSA) is 86.3 Å². The molecule has 0 aliphatic carbocycles. The second-order valence-corrected chi connectivity index (χ2v) is 6.34. The molecule has 23 heavy (non-hydrogen) atoms. The highest BCUT2D eigenvalue weighted by Gasteiger charge is 2.44. The van der Waals surface area contributed by atoms with Crippen molar-refractivity contribution in [2.75, 3.05) is 13.1 Å². The highest BCUT2D eigenvalue weighted by atomic mass is 16.5. The molecule has 3 atom stereocenters. The molecule has 0 N–H and O–H groups in total. The molecule has 0 bridgehead atoms. The fraction of sp³-hybridized carbons (Fsp3) is 0.600. The fourth-order valence-corrected chi connectivity index (χ4v) is 3.49. The fourth-order valence-electron chi connectivity index (χ4n) is 3.49. The Morgan fingerprint density at radius 3 is 2.96 bits per heavy atom. The molecule has 8 heteroatoms. The van der Waals surface area contributed by atoms with Crippen molar-refractivity contribution in [3.05, 3.63) is 29.7 Å². The Morgan fingerprint density at radius 2 is 2.30 bits per heavy atom. The lowest BCUT2D eigenvalue weighted by molar-refractivity contribution is 0.0330. The molecule has 4 rings (SSSR count). The van der Waals surface area contributed by atoms with Crippen LogP contribution < -0.4 is 0 Å². The van der Waals surface area contributed by atoms with Crippen molar-refractivity contribution in [3.8, 4) is 0 Å². The molecular weight excluding hydrogens is 298 g/mol. The van der Waals surface area contributed by atoms with E-state index in [2.05, 4.69) is 15.2 Å². The summed E-state index contributed by atoms with van der Waals surface area (Å²) in [6.07, 6.45) is 5.12. The normalized spacial score (nSPS) is 26.7. The number of fused-ring (bicyclic) bond motifs is 1. The first kappa shape index (κ1) is 14.4. The molecule has 2 aliphatic heterocycles. The third-order valence-electron chi connectivity index (χ3n) is 4.52. The van der Waals surface area contributed by atoms with Crippen LogP contribution in [0.3, 0.4) is 0 Å². The van der Waals surface area contributed by atoms with E-state index in [0.29, 0.717) is 36.2 Å². The lowest BCUT2D eigenvalue weighted by Crippen LogP contribution is -2.31. The van der Waals surface area contributed by atoms with Gasteiger partial charge >= 0.3 is 0 Å². The van der Waals surface area contributed by atoms with Crippen LogP contribution in [0.2, 0.25) is 0 Å². The van der Waals surface area contributed by atoms with Crippen LogP contribution in [0, 0.1) is 12.8 Å². The van der Waals surface area contributed by atoms with Gasteiger partial charge in [-0.1, -0.05) is 5.16 Å². The Labute approximate surface area is 133 Å². The largest absolute Gasteiger partial charge is 0.372 e. The predicted molar refractivity (Wildman–Crippen MR) is 78.6 cm³/mol. The summed E-state index contributed by atoms with van der Waals surface area (Å²) >= 11 is 0. The van der Waals surface area contributed by atoms with Crippen molar-refractivity contribution >= 4 is 5.91 Å². The van der Waals surface area contributed by atoms with E-state index >= 15 is 0 Å². The Morgan fingerprint density at radius 1 is 1.43 bits per heavy atom. The molecule has 0 spiro atoms. The lowest BCUT2D eigenvalue weighted by Gasteiger charge is -2.18. The second kappa shape index (κ2) is 5.45. The number of ether oxygens (including phenoxy) is 1. The molecule has 1 amide bonds. The maximum atomic E-state index is 12.5. The van der Waals surface area contributed by atoms with Gasteiger partial charge in [0.25, 0.3) is 5.91 Å². The molecule has 8 nitrogen and oxygen atoms in total. The number of aromatic nitrogens is 4. The van der Waals surface area contributed by atoms with Crippen molar-refractivity contribution in [1.82, 2.24) is 24.8 Å². The van der Waals surface area contributed by atoms with Gasteiger partial charge in [-0.05, 0) is 13.3 Å². The van der Waals surface area contributed by atoms with Gasteiger partial charge in [0, 0.05) is 32.3 Å². The van der Waals surface area contributed by atoms with Gasteiger partial charge < -0.3 is 14.2 Å². The minimum absolute atomic E-state index is 0.0279. The number of nitrogens with zero attached hydrogens (tertiary/aromatic N) is 5. The maximum Gasteiger partial charge on any atom is 0.257 e. The summed E-state index contributed by atoms with van der Waals surface area (Å²) in [6.45, 7) is 3.18.